The van der Waals surface area contributed by atoms with Gasteiger partial charge in [-0.05, 0) is 46.1 Å². The number of benzene rings is 1. The van der Waals surface area contributed by atoms with Crippen molar-refractivity contribution in [3.05, 3.63) is 29.8 Å². The Morgan fingerprint density at radius 2 is 2.16 bits per heavy atom. The summed E-state index contributed by atoms with van der Waals surface area (Å²) in [5.41, 5.74) is 7.59. The number of imidazole rings is 1. The van der Waals surface area contributed by atoms with Crippen molar-refractivity contribution in [1.82, 2.24) is 14.5 Å². The molecule has 5 heteroatoms. The Hall–Kier alpha value is -1.46. The molecule has 0 aliphatic carbocycles. The third-order valence-electron chi connectivity index (χ3n) is 3.13. The van der Waals surface area contributed by atoms with Gasteiger partial charge >= 0.3 is 0 Å². The first-order valence-corrected chi connectivity index (χ1v) is 6.55. The molecule has 1 heterocycles. The summed E-state index contributed by atoms with van der Waals surface area (Å²) in [4.78, 5) is 6.60. The maximum absolute atomic E-state index is 13.2. The minimum absolute atomic E-state index is 0.158. The van der Waals surface area contributed by atoms with E-state index in [1.54, 1.807) is 6.07 Å². The van der Waals surface area contributed by atoms with Crippen LogP contribution in [0.15, 0.2) is 18.2 Å². The fraction of sp³-hybridized carbons (Fsp3) is 0.500. The summed E-state index contributed by atoms with van der Waals surface area (Å²) >= 11 is 0. The lowest BCUT2D eigenvalue weighted by atomic mass is 10.3. The smallest absolute Gasteiger partial charge is 0.126 e. The summed E-state index contributed by atoms with van der Waals surface area (Å²) in [6.45, 7) is 3.75. The van der Waals surface area contributed by atoms with E-state index in [0.29, 0.717) is 5.52 Å². The highest BCUT2D eigenvalue weighted by Gasteiger charge is 2.14. The number of aromatic nitrogens is 2. The van der Waals surface area contributed by atoms with E-state index in [1.165, 1.54) is 12.1 Å². The molecule has 2 aromatic rings. The molecule has 1 aromatic heterocycles. The number of nitrogens with zero attached hydrogens (tertiary/aromatic N) is 3. The van der Waals surface area contributed by atoms with Crippen LogP contribution in [0.5, 0.6) is 0 Å². The number of halogens is 1. The molecule has 0 amide bonds. The molecule has 0 radical (unpaired) electrons. The Kier molecular flexibility index (Phi) is 4.17. The predicted molar refractivity (Wildman–Crippen MR) is 75.5 cm³/mol. The van der Waals surface area contributed by atoms with Crippen molar-refractivity contribution in [2.45, 2.75) is 25.9 Å². The molecule has 1 atom stereocenters. The first-order chi connectivity index (χ1) is 8.99. The lowest BCUT2D eigenvalue weighted by molar-refractivity contribution is 0.385. The zero-order valence-electron chi connectivity index (χ0n) is 11.7. The van der Waals surface area contributed by atoms with E-state index in [1.807, 2.05) is 21.0 Å². The van der Waals surface area contributed by atoms with E-state index >= 15 is 0 Å². The van der Waals surface area contributed by atoms with Crippen LogP contribution in [0.4, 0.5) is 4.39 Å². The van der Waals surface area contributed by atoms with Crippen LogP contribution < -0.4 is 5.73 Å². The normalized spacial score (nSPS) is 13.4. The van der Waals surface area contributed by atoms with Crippen LogP contribution >= 0.6 is 0 Å². The Balaban J connectivity index is 2.35. The largest absolute Gasteiger partial charge is 0.327 e. The molecule has 104 valence electrons. The lowest BCUT2D eigenvalue weighted by Crippen LogP contribution is -2.18. The monoisotopic (exact) mass is 264 g/mol. The van der Waals surface area contributed by atoms with Gasteiger partial charge in [0.15, 0.2) is 0 Å². The molecule has 4 nitrogen and oxygen atoms in total. The van der Waals surface area contributed by atoms with E-state index in [0.717, 1.165) is 30.9 Å². The molecule has 0 aliphatic rings. The highest BCUT2D eigenvalue weighted by molar-refractivity contribution is 5.76. The second-order valence-electron chi connectivity index (χ2n) is 5.20. The molecule has 2 N–H and O–H groups in total. The van der Waals surface area contributed by atoms with Crippen LogP contribution in [0, 0.1) is 5.82 Å². The van der Waals surface area contributed by atoms with Crippen molar-refractivity contribution in [1.29, 1.82) is 0 Å². The van der Waals surface area contributed by atoms with Crippen LogP contribution in [0.2, 0.25) is 0 Å². The van der Waals surface area contributed by atoms with Gasteiger partial charge in [0.25, 0.3) is 0 Å². The molecule has 2 rings (SSSR count). The number of nitrogens with two attached hydrogens (primary N) is 1. The highest BCUT2D eigenvalue weighted by atomic mass is 19.1. The average molecular weight is 264 g/mol. The summed E-state index contributed by atoms with van der Waals surface area (Å²) in [5.74, 6) is 0.557. The summed E-state index contributed by atoms with van der Waals surface area (Å²) in [6, 6.07) is 4.55. The third kappa shape index (κ3) is 3.11. The number of aryl methyl sites for hydroxylation is 1. The molecule has 0 bridgehead atoms. The van der Waals surface area contributed by atoms with Crippen LogP contribution in [-0.4, -0.2) is 35.1 Å². The first-order valence-electron chi connectivity index (χ1n) is 6.55. The van der Waals surface area contributed by atoms with Gasteiger partial charge in [0.1, 0.15) is 11.6 Å². The molecular formula is C14H21FN4. The Morgan fingerprint density at radius 1 is 1.42 bits per heavy atom. The van der Waals surface area contributed by atoms with Crippen molar-refractivity contribution >= 4 is 11.0 Å². The molecule has 0 fully saturated rings. The molecule has 0 saturated carbocycles. The van der Waals surface area contributed by atoms with Crippen molar-refractivity contribution < 1.29 is 4.39 Å². The van der Waals surface area contributed by atoms with Crippen molar-refractivity contribution in [3.8, 4) is 0 Å². The summed E-state index contributed by atoms with van der Waals surface area (Å²) in [7, 11) is 4.10. The Bertz CT molecular complexity index is 560. The SMILES string of the molecule is CC(N)c1nc2cc(F)ccc2n1CCCN(C)C. The summed E-state index contributed by atoms with van der Waals surface area (Å²) < 4.78 is 15.3. The van der Waals surface area contributed by atoms with Gasteiger partial charge in [-0.25, -0.2) is 9.37 Å². The van der Waals surface area contributed by atoms with Crippen LogP contribution in [0.25, 0.3) is 11.0 Å². The van der Waals surface area contributed by atoms with Gasteiger partial charge in [-0.1, -0.05) is 0 Å². The molecule has 1 unspecified atom stereocenters. The van der Waals surface area contributed by atoms with Gasteiger partial charge in [-0.2, -0.15) is 0 Å². The topological polar surface area (TPSA) is 47.1 Å². The molecule has 0 saturated heterocycles. The van der Waals surface area contributed by atoms with Gasteiger partial charge in [0.05, 0.1) is 17.1 Å². The maximum atomic E-state index is 13.2. The van der Waals surface area contributed by atoms with Crippen molar-refractivity contribution in [2.75, 3.05) is 20.6 Å². The van der Waals surface area contributed by atoms with Gasteiger partial charge in [0, 0.05) is 12.6 Å². The predicted octanol–water partition coefficient (Wildman–Crippen LogP) is 2.15. The highest BCUT2D eigenvalue weighted by Crippen LogP contribution is 2.21. The van der Waals surface area contributed by atoms with Gasteiger partial charge in [0.2, 0.25) is 0 Å². The van der Waals surface area contributed by atoms with Gasteiger partial charge in [-0.3, -0.25) is 0 Å². The van der Waals surface area contributed by atoms with Gasteiger partial charge < -0.3 is 15.2 Å². The first kappa shape index (κ1) is 14.0. The average Bonchev–Trinajstić information content (AvgIpc) is 2.67. The minimum atomic E-state index is -0.262. The zero-order chi connectivity index (χ0) is 14.0. The van der Waals surface area contributed by atoms with Crippen LogP contribution in [0.1, 0.15) is 25.2 Å². The molecular weight excluding hydrogens is 243 g/mol. The van der Waals surface area contributed by atoms with E-state index in [9.17, 15) is 4.39 Å². The maximum Gasteiger partial charge on any atom is 0.126 e. The number of fused-ring (bicyclic) bond motifs is 1. The van der Waals surface area contributed by atoms with Gasteiger partial charge in [-0.15, -0.1) is 0 Å². The minimum Gasteiger partial charge on any atom is -0.327 e. The molecule has 1 aromatic carbocycles. The number of hydrogen-bond donors (Lipinski definition) is 1. The zero-order valence-corrected chi connectivity index (χ0v) is 11.7. The molecule has 19 heavy (non-hydrogen) atoms. The van der Waals surface area contributed by atoms with E-state index in [-0.39, 0.29) is 11.9 Å². The quantitative estimate of drug-likeness (QED) is 0.900. The fourth-order valence-corrected chi connectivity index (χ4v) is 2.25. The molecule has 0 spiro atoms. The Labute approximate surface area is 113 Å². The number of rotatable bonds is 5. The van der Waals surface area contributed by atoms with Crippen molar-refractivity contribution in [2.24, 2.45) is 5.73 Å². The fourth-order valence-electron chi connectivity index (χ4n) is 2.25. The summed E-state index contributed by atoms with van der Waals surface area (Å²) in [5, 5.41) is 0. The van der Waals surface area contributed by atoms with Crippen molar-refractivity contribution in [3.63, 3.8) is 0 Å². The standard InChI is InChI=1S/C14H21FN4/c1-10(16)14-17-12-9-11(15)5-6-13(12)19(14)8-4-7-18(2)3/h5-6,9-10H,4,7-8,16H2,1-3H3. The van der Waals surface area contributed by atoms with E-state index in [4.69, 9.17) is 5.73 Å². The van der Waals surface area contributed by atoms with Crippen LogP contribution in [-0.2, 0) is 6.54 Å². The number of hydrogen-bond acceptors (Lipinski definition) is 3. The second-order valence-corrected chi connectivity index (χ2v) is 5.20. The third-order valence-corrected chi connectivity index (χ3v) is 3.13. The van der Waals surface area contributed by atoms with E-state index < -0.39 is 0 Å². The second kappa shape index (κ2) is 5.67. The molecule has 0 aliphatic heterocycles. The Morgan fingerprint density at radius 3 is 2.79 bits per heavy atom. The van der Waals surface area contributed by atoms with Crippen LogP contribution in [0.3, 0.4) is 0 Å². The van der Waals surface area contributed by atoms with E-state index in [2.05, 4.69) is 14.5 Å². The lowest BCUT2D eigenvalue weighted by Gasteiger charge is -2.13. The summed E-state index contributed by atoms with van der Waals surface area (Å²) in [6.07, 6.45) is 1.01.